The minimum atomic E-state index is -2.23. The van der Waals surface area contributed by atoms with E-state index in [4.69, 9.17) is 9.30 Å². The van der Waals surface area contributed by atoms with Gasteiger partial charge in [0.15, 0.2) is 0 Å². The molecule has 0 saturated heterocycles. The number of rotatable bonds is 4. The maximum Gasteiger partial charge on any atom is 0.321 e. The van der Waals surface area contributed by atoms with Crippen LogP contribution in [0.25, 0.3) is 0 Å². The Bertz CT molecular complexity index is 154. The van der Waals surface area contributed by atoms with Crippen LogP contribution in [0.1, 0.15) is 1.37 Å². The largest absolute Gasteiger partial charge is 0.480 e. The lowest BCUT2D eigenvalue weighted by molar-refractivity contribution is -0.138. The zero-order valence-electron chi connectivity index (χ0n) is 7.51. The van der Waals surface area contributed by atoms with Gasteiger partial charge < -0.3 is 16.1 Å². The van der Waals surface area contributed by atoms with Gasteiger partial charge in [-0.05, 0) is 7.05 Å². The summed E-state index contributed by atoms with van der Waals surface area (Å²) in [5.74, 6) is -1.52. The minimum Gasteiger partial charge on any atom is -0.480 e. The number of carboxylic acids is 1. The molecule has 4 heteroatoms. The van der Waals surface area contributed by atoms with Gasteiger partial charge in [-0.1, -0.05) is 0 Å². The van der Waals surface area contributed by atoms with Crippen LogP contribution >= 0.6 is 0 Å². The molecular formula is C4H10N2O2. The molecule has 0 aromatic rings. The van der Waals surface area contributed by atoms with Crippen molar-refractivity contribution in [3.63, 3.8) is 0 Å². The molecule has 0 saturated carbocycles. The van der Waals surface area contributed by atoms with E-state index in [1.807, 2.05) is 0 Å². The average molecular weight is 121 g/mol. The van der Waals surface area contributed by atoms with Gasteiger partial charge in [0.2, 0.25) is 0 Å². The zero-order valence-corrected chi connectivity index (χ0v) is 4.51. The summed E-state index contributed by atoms with van der Waals surface area (Å²) < 4.78 is 20.4. The first-order chi connectivity index (χ1) is 4.95. The van der Waals surface area contributed by atoms with Crippen LogP contribution in [0.4, 0.5) is 0 Å². The molecule has 0 radical (unpaired) electrons. The number of hydrogen-bond donors (Lipinski definition) is 3. The van der Waals surface area contributed by atoms with Crippen molar-refractivity contribution in [1.29, 1.82) is 0 Å². The van der Waals surface area contributed by atoms with Crippen molar-refractivity contribution in [3.8, 4) is 0 Å². The Kier molecular flexibility index (Phi) is 1.45. The van der Waals surface area contributed by atoms with Crippen LogP contribution in [0.5, 0.6) is 0 Å². The number of nitrogens with two attached hydrogens (primary N) is 1. The number of hydrogen-bond acceptors (Lipinski definition) is 3. The molecule has 4 N–H and O–H groups in total. The fourth-order valence-corrected chi connectivity index (χ4v) is 0.243. The van der Waals surface area contributed by atoms with Crippen LogP contribution in [0, 0.1) is 0 Å². The molecule has 0 aromatic carbocycles. The highest BCUT2D eigenvalue weighted by molar-refractivity contribution is 5.73. The standard InChI is InChI=1S/C4H10N2O2/c1-6-2-3(5)4(7)8/h3,6H,2,5H2,1H3,(H,7,8)/t3-/m0/s1/i3D/hD2. The Hall–Kier alpha value is -0.610. The van der Waals surface area contributed by atoms with Gasteiger partial charge in [0.25, 0.3) is 0 Å². The number of nitrogens with one attached hydrogen (secondary N) is 1. The first-order valence-corrected chi connectivity index (χ1v) is 2.11. The molecule has 0 bridgehead atoms. The molecule has 0 fully saturated rings. The molecule has 0 amide bonds. The third kappa shape index (κ3) is 2.54. The summed E-state index contributed by atoms with van der Waals surface area (Å²) in [6, 6.07) is -2.23. The number of likely N-dealkylation sites (N-methyl/N-ethyl adjacent to an activating group) is 1. The fourth-order valence-electron chi connectivity index (χ4n) is 0.243. The Labute approximate surface area is 52.0 Å². The summed E-state index contributed by atoms with van der Waals surface area (Å²) in [5, 5.41) is 10.8. The highest BCUT2D eigenvalue weighted by Crippen LogP contribution is 1.71. The first kappa shape index (κ1) is 3.42. The Morgan fingerprint density at radius 1 is 2.38 bits per heavy atom. The summed E-state index contributed by atoms with van der Waals surface area (Å²) in [6.07, 6.45) is 0. The van der Waals surface area contributed by atoms with Crippen molar-refractivity contribution in [2.75, 3.05) is 13.6 Å². The zero-order chi connectivity index (χ0) is 9.07. The third-order valence-corrected chi connectivity index (χ3v) is 0.591. The predicted molar refractivity (Wildman–Crippen MR) is 29.5 cm³/mol. The van der Waals surface area contributed by atoms with Crippen molar-refractivity contribution < 1.29 is 14.1 Å². The van der Waals surface area contributed by atoms with Gasteiger partial charge in [-0.15, -0.1) is 0 Å². The lowest BCUT2D eigenvalue weighted by atomic mass is 10.3. The number of carbonyl (C=O) groups is 1. The summed E-state index contributed by atoms with van der Waals surface area (Å²) in [6.45, 7) is -0.269. The molecule has 0 heterocycles. The molecule has 0 spiro atoms. The molecule has 0 aliphatic carbocycles. The molecule has 0 aromatic heterocycles. The summed E-state index contributed by atoms with van der Waals surface area (Å²) in [5.41, 5.74) is -0.147. The van der Waals surface area contributed by atoms with Crippen LogP contribution in [0.2, 0.25) is 2.82 Å². The number of carboxylic acid groups (broad SMARTS) is 1. The molecule has 48 valence electrons. The van der Waals surface area contributed by atoms with Crippen LogP contribution < -0.4 is 11.0 Å². The highest BCUT2D eigenvalue weighted by atomic mass is 16.4. The van der Waals surface area contributed by atoms with Gasteiger partial charge in [-0.2, -0.15) is 0 Å². The summed E-state index contributed by atoms with van der Waals surface area (Å²) in [4.78, 5) is 10.3. The summed E-state index contributed by atoms with van der Waals surface area (Å²) in [7, 11) is 1.45. The third-order valence-electron chi connectivity index (χ3n) is 0.591. The van der Waals surface area contributed by atoms with Crippen molar-refractivity contribution in [1.82, 2.24) is 5.32 Å². The van der Waals surface area contributed by atoms with Crippen LogP contribution in [-0.2, 0) is 4.79 Å². The Morgan fingerprint density at radius 3 is 3.12 bits per heavy atom. The topological polar surface area (TPSA) is 75.3 Å². The van der Waals surface area contributed by atoms with Crippen molar-refractivity contribution in [3.05, 3.63) is 0 Å². The first-order valence-electron chi connectivity index (χ1n) is 3.50. The maximum absolute atomic E-state index is 10.3. The number of aliphatic carboxylic acids is 1. The van der Waals surface area contributed by atoms with Crippen LogP contribution in [0.3, 0.4) is 0 Å². The monoisotopic (exact) mass is 121 g/mol. The lowest BCUT2D eigenvalue weighted by Gasteiger charge is -2.02. The van der Waals surface area contributed by atoms with E-state index in [2.05, 4.69) is 5.32 Å². The quantitative estimate of drug-likeness (QED) is 0.428. The molecule has 0 rings (SSSR count). The van der Waals surface area contributed by atoms with Gasteiger partial charge in [0.1, 0.15) is 8.84 Å². The second-order valence-electron chi connectivity index (χ2n) is 1.28. The Balaban J connectivity index is 4.38. The van der Waals surface area contributed by atoms with E-state index < -0.39 is 12.0 Å². The molecule has 8 heavy (non-hydrogen) atoms. The normalized spacial score (nSPS) is 23.0. The second kappa shape index (κ2) is 3.40. The van der Waals surface area contributed by atoms with Crippen LogP contribution in [-0.4, -0.2) is 30.7 Å². The second-order valence-corrected chi connectivity index (χ2v) is 1.28. The van der Waals surface area contributed by atoms with Gasteiger partial charge >= 0.3 is 5.97 Å². The van der Waals surface area contributed by atoms with E-state index >= 15 is 0 Å². The van der Waals surface area contributed by atoms with Crippen molar-refractivity contribution in [2.45, 2.75) is 6.02 Å². The van der Waals surface area contributed by atoms with Gasteiger partial charge in [0.05, 0.1) is 1.37 Å². The molecule has 0 aliphatic heterocycles. The Morgan fingerprint density at radius 2 is 3.00 bits per heavy atom. The lowest BCUT2D eigenvalue weighted by Crippen LogP contribution is -2.38. The minimum absolute atomic E-state index is 0.147. The molecule has 0 unspecified atom stereocenters. The van der Waals surface area contributed by atoms with Crippen molar-refractivity contribution in [2.24, 2.45) is 5.72 Å². The highest BCUT2D eigenvalue weighted by Gasteiger charge is 2.07. The molecule has 4 nitrogen and oxygen atoms in total. The van der Waals surface area contributed by atoms with E-state index in [0.29, 0.717) is 0 Å². The van der Waals surface area contributed by atoms with E-state index in [-0.39, 0.29) is 12.3 Å². The summed E-state index contributed by atoms with van der Waals surface area (Å²) >= 11 is 0. The van der Waals surface area contributed by atoms with Crippen LogP contribution in [0.15, 0.2) is 0 Å². The predicted octanol–water partition coefficient (Wildman–Crippen LogP) is -1.38. The maximum atomic E-state index is 10.3. The van der Waals surface area contributed by atoms with Gasteiger partial charge in [0, 0.05) is 6.54 Å². The fraction of sp³-hybridized carbons (Fsp3) is 0.750. The smallest absolute Gasteiger partial charge is 0.321 e. The van der Waals surface area contributed by atoms with Gasteiger partial charge in [-0.3, -0.25) is 4.79 Å². The van der Waals surface area contributed by atoms with E-state index in [1.54, 1.807) is 0 Å². The van der Waals surface area contributed by atoms with Crippen molar-refractivity contribution >= 4 is 5.97 Å². The van der Waals surface area contributed by atoms with E-state index in [1.165, 1.54) is 7.05 Å². The molecule has 1 atom stereocenters. The molecule has 0 aliphatic rings. The van der Waals surface area contributed by atoms with Gasteiger partial charge in [-0.25, -0.2) is 0 Å². The SMILES string of the molecule is [2H]N([2H])[C@@]([2H])(CNC)C(=O)O. The average Bonchev–Trinajstić information content (AvgIpc) is 1.87. The molecular weight excluding hydrogens is 108 g/mol. The van der Waals surface area contributed by atoms with E-state index in [9.17, 15) is 4.79 Å². The van der Waals surface area contributed by atoms with E-state index in [0.717, 1.165) is 0 Å².